The number of carbonyl (C=O) groups excluding carboxylic acids is 1. The number of likely N-dealkylation sites (tertiary alicyclic amines) is 1. The Bertz CT molecular complexity index is 1570. The highest BCUT2D eigenvalue weighted by molar-refractivity contribution is 5.73. The SMILES string of the molecule is COC(=O)C1CN(Cc2ccc(C#Cc3ccc(-c4cc(Cn5ccnc5[C@H](C)OC5CCCCO5)no4)cc3)cn2)C1. The molecule has 3 aromatic heterocycles. The number of esters is 1. The van der Waals surface area contributed by atoms with Gasteiger partial charge in [-0.1, -0.05) is 17.0 Å². The van der Waals surface area contributed by atoms with E-state index in [1.54, 1.807) is 12.4 Å². The van der Waals surface area contributed by atoms with E-state index < -0.39 is 0 Å². The van der Waals surface area contributed by atoms with Crippen LogP contribution in [-0.2, 0) is 32.1 Å². The molecule has 4 aromatic rings. The maximum absolute atomic E-state index is 11.6. The van der Waals surface area contributed by atoms with Crippen LogP contribution in [0.3, 0.4) is 0 Å². The van der Waals surface area contributed by atoms with Crippen LogP contribution in [0.15, 0.2) is 65.6 Å². The molecule has 10 heteroatoms. The van der Waals surface area contributed by atoms with Gasteiger partial charge in [0, 0.05) is 67.6 Å². The molecule has 1 aromatic carbocycles. The number of nitrogens with zero attached hydrogens (tertiary/aromatic N) is 5. The monoisotopic (exact) mass is 581 g/mol. The molecule has 0 aliphatic carbocycles. The summed E-state index contributed by atoms with van der Waals surface area (Å²) in [5.74, 6) is 7.72. The first-order valence-electron chi connectivity index (χ1n) is 14.7. The lowest BCUT2D eigenvalue weighted by atomic mass is 10.0. The van der Waals surface area contributed by atoms with Crippen LogP contribution in [0, 0.1) is 17.8 Å². The Morgan fingerprint density at radius 2 is 1.86 bits per heavy atom. The van der Waals surface area contributed by atoms with Gasteiger partial charge in [-0.15, -0.1) is 0 Å². The van der Waals surface area contributed by atoms with Crippen molar-refractivity contribution in [3.05, 3.63) is 89.4 Å². The number of pyridine rings is 1. The van der Waals surface area contributed by atoms with E-state index >= 15 is 0 Å². The molecule has 10 nitrogen and oxygen atoms in total. The molecule has 0 radical (unpaired) electrons. The van der Waals surface area contributed by atoms with Crippen LogP contribution in [-0.4, -0.2) is 63.7 Å². The van der Waals surface area contributed by atoms with E-state index in [0.29, 0.717) is 31.9 Å². The van der Waals surface area contributed by atoms with Crippen LogP contribution < -0.4 is 0 Å². The molecular weight excluding hydrogens is 546 g/mol. The highest BCUT2D eigenvalue weighted by atomic mass is 16.7. The number of methoxy groups -OCH3 is 1. The molecule has 6 rings (SSSR count). The van der Waals surface area contributed by atoms with Crippen molar-refractivity contribution < 1.29 is 23.5 Å². The van der Waals surface area contributed by atoms with Gasteiger partial charge in [0.15, 0.2) is 12.1 Å². The summed E-state index contributed by atoms with van der Waals surface area (Å²) in [5.41, 5.74) is 4.40. The van der Waals surface area contributed by atoms with Gasteiger partial charge in [0.2, 0.25) is 0 Å². The van der Waals surface area contributed by atoms with Crippen molar-refractivity contribution in [1.82, 2.24) is 24.6 Å². The van der Waals surface area contributed by atoms with Crippen molar-refractivity contribution in [2.24, 2.45) is 5.92 Å². The number of rotatable bonds is 9. The Hall–Kier alpha value is -4.30. The Kier molecular flexibility index (Phi) is 8.93. The van der Waals surface area contributed by atoms with Crippen molar-refractivity contribution in [3.8, 4) is 23.2 Å². The zero-order valence-corrected chi connectivity index (χ0v) is 24.4. The molecule has 2 aliphatic heterocycles. The van der Waals surface area contributed by atoms with Crippen LogP contribution in [0.25, 0.3) is 11.3 Å². The summed E-state index contributed by atoms with van der Waals surface area (Å²) in [4.78, 5) is 22.8. The lowest BCUT2D eigenvalue weighted by molar-refractivity contribution is -0.188. The summed E-state index contributed by atoms with van der Waals surface area (Å²) in [6.45, 7) is 5.39. The van der Waals surface area contributed by atoms with E-state index in [2.05, 4.69) is 31.9 Å². The third-order valence-electron chi connectivity index (χ3n) is 7.72. The van der Waals surface area contributed by atoms with E-state index in [9.17, 15) is 4.79 Å². The zero-order chi connectivity index (χ0) is 29.6. The third kappa shape index (κ3) is 7.20. The summed E-state index contributed by atoms with van der Waals surface area (Å²) in [5, 5.41) is 4.28. The standard InChI is InChI=1S/C33H35N5O5/c1-23(42-31-5-3-4-16-41-31)32-34-14-15-38(32)22-29-17-30(43-36-29)26-11-8-24(9-12-26)6-7-25-10-13-28(35-18-25)21-37-19-27(20-37)33(39)40-2/h8-15,17-18,23,27,31H,3-5,16,19-22H2,1-2H3/t23-,31?/m0/s1. The highest BCUT2D eigenvalue weighted by Crippen LogP contribution is 2.25. The molecular formula is C33H35N5O5. The molecule has 43 heavy (non-hydrogen) atoms. The minimum atomic E-state index is -0.195. The van der Waals surface area contributed by atoms with Gasteiger partial charge in [-0.25, -0.2) is 4.98 Å². The van der Waals surface area contributed by atoms with E-state index in [4.69, 9.17) is 18.7 Å². The fourth-order valence-corrected chi connectivity index (χ4v) is 5.31. The molecule has 2 aliphatic rings. The molecule has 2 saturated heterocycles. The highest BCUT2D eigenvalue weighted by Gasteiger charge is 2.33. The molecule has 0 bridgehead atoms. The first kappa shape index (κ1) is 28.8. The van der Waals surface area contributed by atoms with Gasteiger partial charge in [0.1, 0.15) is 17.6 Å². The summed E-state index contributed by atoms with van der Waals surface area (Å²) in [7, 11) is 1.43. The van der Waals surface area contributed by atoms with Crippen molar-refractivity contribution in [3.63, 3.8) is 0 Å². The summed E-state index contributed by atoms with van der Waals surface area (Å²) in [6, 6.07) is 13.8. The van der Waals surface area contributed by atoms with Crippen molar-refractivity contribution in [2.75, 3.05) is 26.8 Å². The Morgan fingerprint density at radius 1 is 1.05 bits per heavy atom. The van der Waals surface area contributed by atoms with Crippen LogP contribution in [0.1, 0.15) is 60.6 Å². The second-order valence-electron chi connectivity index (χ2n) is 11.0. The van der Waals surface area contributed by atoms with Crippen LogP contribution in [0.4, 0.5) is 0 Å². The number of ether oxygens (including phenoxy) is 3. The zero-order valence-electron chi connectivity index (χ0n) is 24.4. The van der Waals surface area contributed by atoms with Gasteiger partial charge in [-0.05, 0) is 62.6 Å². The van der Waals surface area contributed by atoms with E-state index in [0.717, 1.165) is 59.8 Å². The van der Waals surface area contributed by atoms with Gasteiger partial charge in [0.05, 0.1) is 25.3 Å². The summed E-state index contributed by atoms with van der Waals surface area (Å²) >= 11 is 0. The number of imidazole rings is 1. The Labute approximate surface area is 251 Å². The maximum atomic E-state index is 11.6. The predicted molar refractivity (Wildman–Crippen MR) is 157 cm³/mol. The summed E-state index contributed by atoms with van der Waals surface area (Å²) < 4.78 is 24.3. The minimum Gasteiger partial charge on any atom is -0.469 e. The van der Waals surface area contributed by atoms with Gasteiger partial charge in [-0.3, -0.25) is 14.7 Å². The minimum absolute atomic E-state index is 0.0284. The molecule has 0 N–H and O–H groups in total. The van der Waals surface area contributed by atoms with E-state index in [1.165, 1.54) is 7.11 Å². The maximum Gasteiger partial charge on any atom is 0.311 e. The van der Waals surface area contributed by atoms with Crippen LogP contribution in [0.2, 0.25) is 0 Å². The van der Waals surface area contributed by atoms with E-state index in [-0.39, 0.29) is 24.3 Å². The fourth-order valence-electron chi connectivity index (χ4n) is 5.31. The lowest BCUT2D eigenvalue weighted by Gasteiger charge is -2.36. The van der Waals surface area contributed by atoms with Crippen molar-refractivity contribution in [1.29, 1.82) is 0 Å². The molecule has 222 valence electrons. The number of hydrogen-bond acceptors (Lipinski definition) is 9. The first-order chi connectivity index (χ1) is 21.0. The number of benzene rings is 1. The number of aromatic nitrogens is 4. The Balaban J connectivity index is 1.02. The number of carbonyl (C=O) groups is 1. The molecule has 1 unspecified atom stereocenters. The fraction of sp³-hybridized carbons (Fsp3) is 0.394. The number of hydrogen-bond donors (Lipinski definition) is 0. The molecule has 0 amide bonds. The smallest absolute Gasteiger partial charge is 0.311 e. The molecule has 5 heterocycles. The average molecular weight is 582 g/mol. The van der Waals surface area contributed by atoms with Gasteiger partial charge in [0.25, 0.3) is 0 Å². The largest absolute Gasteiger partial charge is 0.469 e. The quantitative estimate of drug-likeness (QED) is 0.207. The molecule has 2 fully saturated rings. The first-order valence-corrected chi connectivity index (χ1v) is 14.7. The van der Waals surface area contributed by atoms with E-state index in [1.807, 2.05) is 60.2 Å². The topological polar surface area (TPSA) is 105 Å². The second kappa shape index (κ2) is 13.3. The second-order valence-corrected chi connectivity index (χ2v) is 11.0. The molecule has 0 saturated carbocycles. The predicted octanol–water partition coefficient (Wildman–Crippen LogP) is 4.59. The van der Waals surface area contributed by atoms with Crippen molar-refractivity contribution in [2.45, 2.75) is 51.7 Å². The lowest BCUT2D eigenvalue weighted by Crippen LogP contribution is -2.50. The normalized spacial score (nSPS) is 18.0. The van der Waals surface area contributed by atoms with Gasteiger partial charge in [-0.2, -0.15) is 0 Å². The van der Waals surface area contributed by atoms with Crippen LogP contribution in [0.5, 0.6) is 0 Å². The summed E-state index contributed by atoms with van der Waals surface area (Å²) in [6.07, 6.45) is 8.23. The third-order valence-corrected chi connectivity index (χ3v) is 7.72. The van der Waals surface area contributed by atoms with Crippen molar-refractivity contribution >= 4 is 5.97 Å². The van der Waals surface area contributed by atoms with Crippen LogP contribution >= 0.6 is 0 Å². The average Bonchev–Trinajstić information content (AvgIpc) is 3.69. The van der Waals surface area contributed by atoms with Gasteiger partial charge < -0.3 is 23.3 Å². The Morgan fingerprint density at radius 3 is 2.60 bits per heavy atom. The van der Waals surface area contributed by atoms with Gasteiger partial charge >= 0.3 is 5.97 Å². The molecule has 2 atom stereocenters. The molecule has 0 spiro atoms.